The highest BCUT2D eigenvalue weighted by Crippen LogP contribution is 2.35. The van der Waals surface area contributed by atoms with Crippen molar-refractivity contribution in [2.75, 3.05) is 51.4 Å². The number of aliphatic carboxylic acids is 1. The predicted molar refractivity (Wildman–Crippen MR) is 129 cm³/mol. The minimum Gasteiger partial charge on any atom is -0.493 e. The van der Waals surface area contributed by atoms with Gasteiger partial charge in [-0.3, -0.25) is 9.59 Å². The SMILES string of the molecule is COc1ccccc1OCC1CCN(CC(O)COc2cccc3c2CC(=O)N3CC(=O)O)CC1. The lowest BCUT2D eigenvalue weighted by atomic mass is 9.97. The van der Waals surface area contributed by atoms with E-state index in [1.165, 1.54) is 4.90 Å². The van der Waals surface area contributed by atoms with Gasteiger partial charge in [-0.15, -0.1) is 0 Å². The summed E-state index contributed by atoms with van der Waals surface area (Å²) in [6, 6.07) is 12.8. The van der Waals surface area contributed by atoms with Crippen LogP contribution in [0.15, 0.2) is 42.5 Å². The molecule has 1 amide bonds. The number of rotatable bonds is 11. The molecule has 1 saturated heterocycles. The number of piperidine rings is 1. The third-order valence-corrected chi connectivity index (χ3v) is 6.47. The Morgan fingerprint density at radius 3 is 2.49 bits per heavy atom. The number of fused-ring (bicyclic) bond motifs is 1. The number of carboxylic acids is 1. The number of hydrogen-bond donors (Lipinski definition) is 2. The summed E-state index contributed by atoms with van der Waals surface area (Å²) < 4.78 is 17.2. The molecule has 2 aromatic rings. The molecule has 0 aromatic heterocycles. The molecule has 0 spiro atoms. The lowest BCUT2D eigenvalue weighted by molar-refractivity contribution is -0.136. The number of nitrogens with zero attached hydrogens (tertiary/aromatic N) is 2. The van der Waals surface area contributed by atoms with Crippen molar-refractivity contribution in [3.05, 3.63) is 48.0 Å². The summed E-state index contributed by atoms with van der Waals surface area (Å²) in [5.74, 6) is 1.11. The zero-order valence-corrected chi connectivity index (χ0v) is 19.9. The van der Waals surface area contributed by atoms with Gasteiger partial charge in [-0.05, 0) is 56.1 Å². The summed E-state index contributed by atoms with van der Waals surface area (Å²) in [6.45, 7) is 2.60. The smallest absolute Gasteiger partial charge is 0.323 e. The third kappa shape index (κ3) is 6.23. The van der Waals surface area contributed by atoms with E-state index in [1.807, 2.05) is 24.3 Å². The lowest BCUT2D eigenvalue weighted by Gasteiger charge is -2.33. The maximum absolute atomic E-state index is 12.2. The molecular formula is C26H32N2O7. The van der Waals surface area contributed by atoms with Gasteiger partial charge in [0.2, 0.25) is 5.91 Å². The Morgan fingerprint density at radius 1 is 1.06 bits per heavy atom. The van der Waals surface area contributed by atoms with E-state index in [0.717, 1.165) is 37.4 Å². The minimum atomic E-state index is -1.07. The van der Waals surface area contributed by atoms with E-state index in [0.29, 0.717) is 36.1 Å². The molecule has 2 N–H and O–H groups in total. The summed E-state index contributed by atoms with van der Waals surface area (Å²) in [6.07, 6.45) is 1.38. The Balaban J connectivity index is 1.21. The second kappa shape index (κ2) is 11.4. The van der Waals surface area contributed by atoms with E-state index in [9.17, 15) is 14.7 Å². The standard InChI is InChI=1S/C26H32N2O7/c1-33-23-6-2-3-7-24(23)34-16-18-9-11-27(12-10-18)14-19(29)17-35-22-8-4-5-21-20(22)13-25(30)28(21)15-26(31)32/h2-8,18-19,29H,9-17H2,1H3,(H,31,32). The van der Waals surface area contributed by atoms with Crippen LogP contribution in [0.25, 0.3) is 0 Å². The van der Waals surface area contributed by atoms with Crippen molar-refractivity contribution in [2.24, 2.45) is 5.92 Å². The van der Waals surface area contributed by atoms with Crippen LogP contribution >= 0.6 is 0 Å². The number of benzene rings is 2. The molecule has 0 radical (unpaired) electrons. The number of β-amino-alcohol motifs (C(OH)–C–C–N with tert-alkyl or cyclic N) is 1. The summed E-state index contributed by atoms with van der Waals surface area (Å²) in [7, 11) is 1.63. The van der Waals surface area contributed by atoms with E-state index in [-0.39, 0.29) is 25.5 Å². The summed E-state index contributed by atoms with van der Waals surface area (Å²) in [4.78, 5) is 26.8. The van der Waals surface area contributed by atoms with Crippen LogP contribution < -0.4 is 19.1 Å². The van der Waals surface area contributed by atoms with Gasteiger partial charge in [0, 0.05) is 12.1 Å². The lowest BCUT2D eigenvalue weighted by Crippen LogP contribution is -2.41. The molecule has 1 atom stereocenters. The summed E-state index contributed by atoms with van der Waals surface area (Å²) in [5, 5.41) is 19.6. The number of carboxylic acid groups (broad SMARTS) is 1. The highest BCUT2D eigenvalue weighted by atomic mass is 16.5. The Labute approximate surface area is 204 Å². The van der Waals surface area contributed by atoms with Gasteiger partial charge in [-0.1, -0.05) is 18.2 Å². The maximum Gasteiger partial charge on any atom is 0.323 e. The molecule has 9 nitrogen and oxygen atoms in total. The van der Waals surface area contributed by atoms with E-state index >= 15 is 0 Å². The van der Waals surface area contributed by atoms with Gasteiger partial charge >= 0.3 is 5.97 Å². The first kappa shape index (κ1) is 24.8. The van der Waals surface area contributed by atoms with Gasteiger partial charge in [-0.25, -0.2) is 0 Å². The molecule has 2 aliphatic rings. The van der Waals surface area contributed by atoms with Crippen LogP contribution in [0.4, 0.5) is 5.69 Å². The molecule has 0 saturated carbocycles. The van der Waals surface area contributed by atoms with E-state index in [2.05, 4.69) is 4.90 Å². The van der Waals surface area contributed by atoms with Crippen LogP contribution in [0.5, 0.6) is 17.2 Å². The Kier molecular flexibility index (Phi) is 8.09. The van der Waals surface area contributed by atoms with Crippen molar-refractivity contribution < 1.29 is 34.0 Å². The number of carbonyl (C=O) groups excluding carboxylic acids is 1. The van der Waals surface area contributed by atoms with E-state index in [1.54, 1.807) is 25.3 Å². The molecular weight excluding hydrogens is 452 g/mol. The topological polar surface area (TPSA) is 109 Å². The van der Waals surface area contributed by atoms with Gasteiger partial charge < -0.3 is 34.2 Å². The number of aliphatic hydroxyl groups excluding tert-OH is 1. The third-order valence-electron chi connectivity index (χ3n) is 6.47. The summed E-state index contributed by atoms with van der Waals surface area (Å²) in [5.41, 5.74) is 1.23. The van der Waals surface area contributed by atoms with Crippen LogP contribution in [0.3, 0.4) is 0 Å². The molecule has 2 aromatic carbocycles. The Morgan fingerprint density at radius 2 is 1.77 bits per heavy atom. The number of amides is 1. The molecule has 9 heteroatoms. The van der Waals surface area contributed by atoms with E-state index in [4.69, 9.17) is 19.3 Å². The minimum absolute atomic E-state index is 0.0965. The van der Waals surface area contributed by atoms with Crippen molar-refractivity contribution in [2.45, 2.75) is 25.4 Å². The number of carbonyl (C=O) groups is 2. The number of para-hydroxylation sites is 2. The average molecular weight is 485 g/mol. The van der Waals surface area contributed by atoms with Crippen molar-refractivity contribution in [1.82, 2.24) is 4.90 Å². The van der Waals surface area contributed by atoms with Crippen LogP contribution in [-0.4, -0.2) is 79.6 Å². The van der Waals surface area contributed by atoms with Crippen molar-refractivity contribution in [3.63, 3.8) is 0 Å². The number of aliphatic hydroxyl groups is 1. The van der Waals surface area contributed by atoms with Crippen LogP contribution in [0.1, 0.15) is 18.4 Å². The first-order valence-electron chi connectivity index (χ1n) is 11.9. The van der Waals surface area contributed by atoms with Crippen molar-refractivity contribution in [3.8, 4) is 17.2 Å². The molecule has 35 heavy (non-hydrogen) atoms. The second-order valence-corrected chi connectivity index (χ2v) is 8.97. The van der Waals surface area contributed by atoms with Crippen molar-refractivity contribution >= 4 is 17.6 Å². The average Bonchev–Trinajstić information content (AvgIpc) is 3.17. The Hall–Kier alpha value is -3.30. The van der Waals surface area contributed by atoms with Crippen molar-refractivity contribution in [1.29, 1.82) is 0 Å². The second-order valence-electron chi connectivity index (χ2n) is 8.97. The van der Waals surface area contributed by atoms with Gasteiger partial charge in [0.1, 0.15) is 25.0 Å². The summed E-state index contributed by atoms with van der Waals surface area (Å²) >= 11 is 0. The molecule has 4 rings (SSSR count). The zero-order chi connectivity index (χ0) is 24.8. The van der Waals surface area contributed by atoms with Crippen LogP contribution in [-0.2, 0) is 16.0 Å². The highest BCUT2D eigenvalue weighted by molar-refractivity contribution is 6.04. The number of ether oxygens (including phenoxy) is 3. The monoisotopic (exact) mass is 484 g/mol. The van der Waals surface area contributed by atoms with Gasteiger partial charge in [0.05, 0.1) is 25.8 Å². The molecule has 188 valence electrons. The quantitative estimate of drug-likeness (QED) is 0.500. The van der Waals surface area contributed by atoms with E-state index < -0.39 is 12.1 Å². The number of anilines is 1. The highest BCUT2D eigenvalue weighted by Gasteiger charge is 2.31. The molecule has 1 fully saturated rings. The molecule has 2 aliphatic heterocycles. The van der Waals surface area contributed by atoms with Crippen LogP contribution in [0.2, 0.25) is 0 Å². The fourth-order valence-corrected chi connectivity index (χ4v) is 4.63. The fourth-order valence-electron chi connectivity index (χ4n) is 4.63. The molecule has 0 aliphatic carbocycles. The molecule has 2 heterocycles. The zero-order valence-electron chi connectivity index (χ0n) is 19.9. The van der Waals surface area contributed by atoms with Gasteiger partial charge in [0.15, 0.2) is 11.5 Å². The Bertz CT molecular complexity index is 1040. The predicted octanol–water partition coefficient (Wildman–Crippen LogP) is 2.20. The molecule has 0 bridgehead atoms. The van der Waals surface area contributed by atoms with Crippen LogP contribution in [0, 0.1) is 5.92 Å². The number of hydrogen-bond acceptors (Lipinski definition) is 7. The maximum atomic E-state index is 12.2. The largest absolute Gasteiger partial charge is 0.493 e. The fraction of sp³-hybridized carbons (Fsp3) is 0.462. The number of methoxy groups -OCH3 is 1. The van der Waals surface area contributed by atoms with Gasteiger partial charge in [0.25, 0.3) is 0 Å². The number of likely N-dealkylation sites (tertiary alicyclic amines) is 1. The first-order valence-corrected chi connectivity index (χ1v) is 11.9. The van der Waals surface area contributed by atoms with Gasteiger partial charge in [-0.2, -0.15) is 0 Å². The first-order chi connectivity index (χ1) is 16.9. The normalized spacial score (nSPS) is 17.2. The molecule has 1 unspecified atom stereocenters.